The highest BCUT2D eigenvalue weighted by Gasteiger charge is 2.21. The average Bonchev–Trinajstić information content (AvgIpc) is 2.13. The molecule has 1 N–H and O–H groups in total. The maximum absolute atomic E-state index is 11.5. The first kappa shape index (κ1) is 8.39. The van der Waals surface area contributed by atoms with Gasteiger partial charge in [-0.1, -0.05) is 0 Å². The van der Waals surface area contributed by atoms with Crippen molar-refractivity contribution in [2.24, 2.45) is 0 Å². The molecule has 0 aromatic carbocycles. The van der Waals surface area contributed by atoms with Gasteiger partial charge in [-0.15, -0.1) is 0 Å². The molecule has 15 heavy (non-hydrogen) atoms. The molecule has 0 atom stereocenters. The lowest BCUT2D eigenvalue weighted by atomic mass is 10.1. The third-order valence-corrected chi connectivity index (χ3v) is 2.22. The Kier molecular flexibility index (Phi) is 2.70. The Balaban J connectivity index is 2.34. The second-order valence-electron chi connectivity index (χ2n) is 4.91. The third kappa shape index (κ3) is 5.02. The molecule has 0 unspecified atom stereocenters. The second kappa shape index (κ2) is 4.84. The molecule has 0 radical (unpaired) electrons. The van der Waals surface area contributed by atoms with Gasteiger partial charge in [0.05, 0.1) is 0 Å². The summed E-state index contributed by atoms with van der Waals surface area (Å²) in [7, 11) is 0. The Morgan fingerprint density at radius 3 is 2.53 bits per heavy atom. The number of piperidine rings is 1. The summed E-state index contributed by atoms with van der Waals surface area (Å²) >= 11 is 0. The molecular formula is C11H22N2O2. The number of alkyl carbamates (subject to hydrolysis) is 1. The van der Waals surface area contributed by atoms with Gasteiger partial charge in [-0.05, 0) is 53.7 Å². The molecule has 88 valence electrons. The standard InChI is InChI=1S/C11H22N2O2/c1-11(2,3)15-10(14)12-9-5-7-13(4)8-6-9/h9H,5-8H2,1-4H3,(H,12,14)/i4D3. The average molecular weight is 217 g/mol. The maximum Gasteiger partial charge on any atom is 0.407 e. The monoisotopic (exact) mass is 217 g/mol. The Bertz CT molecular complexity index is 292. The van der Waals surface area contributed by atoms with Gasteiger partial charge in [-0.3, -0.25) is 0 Å². The fourth-order valence-electron chi connectivity index (χ4n) is 1.50. The molecule has 0 spiro atoms. The van der Waals surface area contributed by atoms with Crippen LogP contribution in [0, 0.1) is 0 Å². The van der Waals surface area contributed by atoms with Crippen LogP contribution >= 0.6 is 0 Å². The van der Waals surface area contributed by atoms with Gasteiger partial charge in [0, 0.05) is 10.2 Å². The van der Waals surface area contributed by atoms with Crippen LogP contribution in [-0.2, 0) is 4.74 Å². The van der Waals surface area contributed by atoms with Gasteiger partial charge in [0.15, 0.2) is 0 Å². The van der Waals surface area contributed by atoms with E-state index < -0.39 is 18.7 Å². The molecule has 1 rings (SSSR count). The fourth-order valence-corrected chi connectivity index (χ4v) is 1.50. The summed E-state index contributed by atoms with van der Waals surface area (Å²) in [6, 6.07) is -0.00144. The molecule has 0 saturated carbocycles. The van der Waals surface area contributed by atoms with E-state index >= 15 is 0 Å². The molecule has 1 saturated heterocycles. The molecule has 1 amide bonds. The number of nitrogens with one attached hydrogen (secondary N) is 1. The van der Waals surface area contributed by atoms with Crippen LogP contribution in [0.2, 0.25) is 0 Å². The Morgan fingerprint density at radius 2 is 2.07 bits per heavy atom. The van der Waals surface area contributed by atoms with Crippen LogP contribution in [0.1, 0.15) is 37.7 Å². The van der Waals surface area contributed by atoms with Crippen LogP contribution in [0.15, 0.2) is 0 Å². The minimum atomic E-state index is -2.03. The molecule has 1 fully saturated rings. The third-order valence-electron chi connectivity index (χ3n) is 2.22. The Labute approximate surface area is 96.2 Å². The zero-order valence-corrected chi connectivity index (χ0v) is 9.67. The van der Waals surface area contributed by atoms with Gasteiger partial charge in [-0.2, -0.15) is 0 Å². The molecule has 0 aliphatic carbocycles. The number of hydrogen-bond donors (Lipinski definition) is 1. The van der Waals surface area contributed by atoms with Crippen molar-refractivity contribution in [3.05, 3.63) is 0 Å². The van der Waals surface area contributed by atoms with E-state index in [4.69, 9.17) is 8.85 Å². The molecule has 4 heteroatoms. The van der Waals surface area contributed by atoms with E-state index in [1.54, 1.807) is 0 Å². The molecule has 0 aromatic rings. The highest BCUT2D eigenvalue weighted by atomic mass is 16.6. The van der Waals surface area contributed by atoms with Crippen molar-refractivity contribution < 1.29 is 13.6 Å². The summed E-state index contributed by atoms with van der Waals surface area (Å²) in [5.74, 6) is 0. The first-order chi connectivity index (χ1) is 8.08. The van der Waals surface area contributed by atoms with Crippen LogP contribution in [0.3, 0.4) is 0 Å². The van der Waals surface area contributed by atoms with Crippen molar-refractivity contribution in [3.8, 4) is 0 Å². The highest BCUT2D eigenvalue weighted by Crippen LogP contribution is 2.11. The van der Waals surface area contributed by atoms with E-state index in [0.29, 0.717) is 25.9 Å². The number of rotatable bonds is 1. The summed E-state index contributed by atoms with van der Waals surface area (Å²) in [4.78, 5) is 13.0. The van der Waals surface area contributed by atoms with Gasteiger partial charge < -0.3 is 15.0 Å². The molecule has 4 nitrogen and oxygen atoms in total. The second-order valence-corrected chi connectivity index (χ2v) is 4.91. The van der Waals surface area contributed by atoms with E-state index in [9.17, 15) is 4.79 Å². The minimum absolute atomic E-state index is 0.00144. The Hall–Kier alpha value is -0.770. The lowest BCUT2D eigenvalue weighted by molar-refractivity contribution is 0.0483. The smallest absolute Gasteiger partial charge is 0.407 e. The zero-order valence-electron chi connectivity index (χ0n) is 12.7. The number of amides is 1. The lowest BCUT2D eigenvalue weighted by Crippen LogP contribution is -2.45. The number of carbonyl (C=O) groups is 1. The van der Waals surface area contributed by atoms with E-state index in [-0.39, 0.29) is 6.04 Å². The zero-order chi connectivity index (χ0) is 14.0. The quantitative estimate of drug-likeness (QED) is 0.725. The van der Waals surface area contributed by atoms with E-state index in [1.807, 2.05) is 20.8 Å². The molecule has 0 aromatic heterocycles. The van der Waals surface area contributed by atoms with Gasteiger partial charge in [0.25, 0.3) is 0 Å². The van der Waals surface area contributed by atoms with Crippen molar-refractivity contribution in [2.75, 3.05) is 20.1 Å². The predicted molar refractivity (Wildman–Crippen MR) is 59.9 cm³/mol. The van der Waals surface area contributed by atoms with E-state index in [0.717, 1.165) is 0 Å². The first-order valence-corrected chi connectivity index (χ1v) is 5.32. The lowest BCUT2D eigenvalue weighted by Gasteiger charge is -2.30. The van der Waals surface area contributed by atoms with Crippen molar-refractivity contribution in [2.45, 2.75) is 45.3 Å². The van der Waals surface area contributed by atoms with Crippen LogP contribution in [0.4, 0.5) is 4.79 Å². The van der Waals surface area contributed by atoms with Crippen molar-refractivity contribution in [1.29, 1.82) is 0 Å². The number of nitrogens with zero attached hydrogens (tertiary/aromatic N) is 1. The van der Waals surface area contributed by atoms with E-state index in [1.165, 1.54) is 4.90 Å². The molecule has 0 bridgehead atoms. The van der Waals surface area contributed by atoms with Crippen LogP contribution in [0.25, 0.3) is 0 Å². The van der Waals surface area contributed by atoms with Gasteiger partial charge >= 0.3 is 6.09 Å². The number of ether oxygens (including phenoxy) is 1. The normalized spacial score (nSPS) is 23.8. The number of carbonyl (C=O) groups excluding carboxylic acids is 1. The summed E-state index contributed by atoms with van der Waals surface area (Å²) in [6.07, 6.45) is 0.838. The van der Waals surface area contributed by atoms with Crippen LogP contribution in [0.5, 0.6) is 0 Å². The topological polar surface area (TPSA) is 41.6 Å². The summed E-state index contributed by atoms with van der Waals surface area (Å²) in [5, 5.41) is 2.78. The number of hydrogen-bond acceptors (Lipinski definition) is 3. The van der Waals surface area contributed by atoms with Gasteiger partial charge in [0.2, 0.25) is 0 Å². The summed E-state index contributed by atoms with van der Waals surface area (Å²) in [5.41, 5.74) is -0.510. The summed E-state index contributed by atoms with van der Waals surface area (Å²) < 4.78 is 27.1. The van der Waals surface area contributed by atoms with Gasteiger partial charge in [-0.25, -0.2) is 4.79 Å². The molecule has 1 aliphatic heterocycles. The van der Waals surface area contributed by atoms with Crippen molar-refractivity contribution in [3.63, 3.8) is 0 Å². The first-order valence-electron chi connectivity index (χ1n) is 6.82. The van der Waals surface area contributed by atoms with Crippen molar-refractivity contribution >= 4 is 6.09 Å². The predicted octanol–water partition coefficient (Wildman–Crippen LogP) is 1.61. The summed E-state index contributed by atoms with van der Waals surface area (Å²) in [6.45, 7) is 4.34. The van der Waals surface area contributed by atoms with Crippen LogP contribution in [-0.4, -0.2) is 42.7 Å². The van der Waals surface area contributed by atoms with E-state index in [2.05, 4.69) is 5.32 Å². The highest BCUT2D eigenvalue weighted by molar-refractivity contribution is 5.68. The molecule has 1 aliphatic rings. The molecular weight excluding hydrogens is 192 g/mol. The SMILES string of the molecule is [2H]C([2H])([2H])N1CCC(NC(=O)OC(C)(C)C)CC1. The van der Waals surface area contributed by atoms with Crippen LogP contribution < -0.4 is 5.32 Å². The van der Waals surface area contributed by atoms with Gasteiger partial charge in [0.1, 0.15) is 5.60 Å². The largest absolute Gasteiger partial charge is 0.444 e. The number of likely N-dealkylation sites (tertiary alicyclic amines) is 1. The molecule has 1 heterocycles. The fraction of sp³-hybridized carbons (Fsp3) is 0.909. The van der Waals surface area contributed by atoms with Crippen molar-refractivity contribution in [1.82, 2.24) is 10.2 Å². The maximum atomic E-state index is 11.5. The Morgan fingerprint density at radius 1 is 1.47 bits per heavy atom. The minimum Gasteiger partial charge on any atom is -0.444 e.